The van der Waals surface area contributed by atoms with E-state index in [4.69, 9.17) is 5.11 Å². The van der Waals surface area contributed by atoms with Gasteiger partial charge < -0.3 is 10.4 Å². The highest BCUT2D eigenvalue weighted by molar-refractivity contribution is 7.89. The number of benzene rings is 1. The predicted octanol–water partition coefficient (Wildman–Crippen LogP) is 1.74. The van der Waals surface area contributed by atoms with Gasteiger partial charge >= 0.3 is 5.97 Å². The van der Waals surface area contributed by atoms with Crippen LogP contribution in [0.1, 0.15) is 38.5 Å². The van der Waals surface area contributed by atoms with Crippen molar-refractivity contribution in [3.8, 4) is 0 Å². The van der Waals surface area contributed by atoms with Crippen molar-refractivity contribution in [2.75, 3.05) is 13.1 Å². The number of nitrogens with one attached hydrogen (secondary N) is 1. The van der Waals surface area contributed by atoms with E-state index in [2.05, 4.69) is 5.32 Å². The second-order valence-corrected chi connectivity index (χ2v) is 9.21. The lowest BCUT2D eigenvalue weighted by atomic mass is 9.74. The number of carbonyl (C=O) groups is 2. The van der Waals surface area contributed by atoms with Crippen LogP contribution in [-0.4, -0.2) is 48.3 Å². The fourth-order valence-electron chi connectivity index (χ4n) is 3.75. The molecule has 148 valence electrons. The molecule has 9 heteroatoms. The number of nitrogens with zero attached hydrogens (tertiary/aromatic N) is 1. The minimum absolute atomic E-state index is 0.0980. The van der Waals surface area contributed by atoms with Crippen molar-refractivity contribution in [1.82, 2.24) is 9.62 Å². The van der Waals surface area contributed by atoms with E-state index >= 15 is 0 Å². The minimum Gasteiger partial charge on any atom is -0.481 e. The third kappa shape index (κ3) is 4.14. The quantitative estimate of drug-likeness (QED) is 0.760. The monoisotopic (exact) mass is 398 g/mol. The van der Waals surface area contributed by atoms with Crippen LogP contribution < -0.4 is 5.32 Å². The van der Waals surface area contributed by atoms with E-state index in [9.17, 15) is 22.4 Å². The maximum atomic E-state index is 13.9. The van der Waals surface area contributed by atoms with Gasteiger partial charge in [-0.25, -0.2) is 12.8 Å². The number of piperidine rings is 1. The van der Waals surface area contributed by atoms with Gasteiger partial charge in [0.05, 0.1) is 12.0 Å². The summed E-state index contributed by atoms with van der Waals surface area (Å²) in [6.07, 6.45) is 2.72. The summed E-state index contributed by atoms with van der Waals surface area (Å²) in [5.74, 6) is -2.33. The molecule has 1 amide bonds. The third-order valence-corrected chi connectivity index (χ3v) is 7.40. The van der Waals surface area contributed by atoms with Crippen LogP contribution in [0.5, 0.6) is 0 Å². The minimum atomic E-state index is -3.94. The molecule has 27 heavy (non-hydrogen) atoms. The van der Waals surface area contributed by atoms with Crippen LogP contribution in [0.15, 0.2) is 29.2 Å². The molecule has 7 nitrogen and oxygen atoms in total. The van der Waals surface area contributed by atoms with Gasteiger partial charge in [-0.15, -0.1) is 0 Å². The Balaban J connectivity index is 1.61. The Kier molecular flexibility index (Phi) is 5.53. The van der Waals surface area contributed by atoms with Gasteiger partial charge in [-0.05, 0) is 44.2 Å². The van der Waals surface area contributed by atoms with Gasteiger partial charge in [0.1, 0.15) is 10.7 Å². The first-order chi connectivity index (χ1) is 12.7. The zero-order chi connectivity index (χ0) is 19.7. The second kappa shape index (κ2) is 7.55. The molecule has 2 N–H and O–H groups in total. The van der Waals surface area contributed by atoms with Crippen LogP contribution in [-0.2, 0) is 19.6 Å². The topological polar surface area (TPSA) is 104 Å². The van der Waals surface area contributed by atoms with Crippen molar-refractivity contribution in [2.24, 2.45) is 5.92 Å². The van der Waals surface area contributed by atoms with Crippen molar-refractivity contribution in [1.29, 1.82) is 0 Å². The van der Waals surface area contributed by atoms with E-state index in [1.165, 1.54) is 22.5 Å². The van der Waals surface area contributed by atoms with Crippen LogP contribution in [0.4, 0.5) is 4.39 Å². The Morgan fingerprint density at radius 3 is 2.37 bits per heavy atom. The van der Waals surface area contributed by atoms with E-state index in [-0.39, 0.29) is 36.2 Å². The first-order valence-electron chi connectivity index (χ1n) is 9.02. The fourth-order valence-corrected chi connectivity index (χ4v) is 5.29. The van der Waals surface area contributed by atoms with Crippen LogP contribution in [0, 0.1) is 11.7 Å². The molecule has 1 aromatic rings. The van der Waals surface area contributed by atoms with Gasteiger partial charge in [-0.1, -0.05) is 12.1 Å². The number of amides is 1. The molecular weight excluding hydrogens is 375 g/mol. The summed E-state index contributed by atoms with van der Waals surface area (Å²) in [5.41, 5.74) is -0.667. The average Bonchev–Trinajstić information content (AvgIpc) is 2.59. The number of aliphatic carboxylic acids is 1. The summed E-state index contributed by atoms with van der Waals surface area (Å²) in [6, 6.07) is 5.23. The van der Waals surface area contributed by atoms with Gasteiger partial charge in [0.2, 0.25) is 15.9 Å². The molecule has 0 radical (unpaired) electrons. The van der Waals surface area contributed by atoms with E-state index in [1.54, 1.807) is 0 Å². The molecule has 1 aliphatic carbocycles. The molecule has 2 aliphatic rings. The Labute approximate surface area is 157 Å². The van der Waals surface area contributed by atoms with Crippen molar-refractivity contribution < 1.29 is 27.5 Å². The molecule has 1 heterocycles. The molecule has 0 spiro atoms. The Hall–Kier alpha value is -2.00. The lowest BCUT2D eigenvalue weighted by Gasteiger charge is -2.43. The van der Waals surface area contributed by atoms with Crippen LogP contribution in [0.25, 0.3) is 0 Å². The molecule has 0 aromatic heterocycles. The third-order valence-electron chi connectivity index (χ3n) is 5.47. The summed E-state index contributed by atoms with van der Waals surface area (Å²) < 4.78 is 40.3. The SMILES string of the molecule is O=C(O)CC1(NC(=O)C2CCN(S(=O)(=O)c3ccccc3F)CC2)CCC1. The molecule has 1 saturated carbocycles. The van der Waals surface area contributed by atoms with Crippen LogP contribution in [0.3, 0.4) is 0 Å². The molecular formula is C18H23FN2O5S. The Morgan fingerprint density at radius 1 is 1.22 bits per heavy atom. The summed E-state index contributed by atoms with van der Waals surface area (Å²) >= 11 is 0. The number of halogens is 1. The predicted molar refractivity (Wildman–Crippen MR) is 94.9 cm³/mol. The largest absolute Gasteiger partial charge is 0.481 e. The molecule has 1 aromatic carbocycles. The molecule has 1 aliphatic heterocycles. The number of rotatable bonds is 6. The molecule has 3 rings (SSSR count). The van der Waals surface area contributed by atoms with Gasteiger partial charge in [0.15, 0.2) is 0 Å². The first kappa shape index (κ1) is 19.8. The smallest absolute Gasteiger partial charge is 0.305 e. The highest BCUT2D eigenvalue weighted by atomic mass is 32.2. The molecule has 2 fully saturated rings. The fraction of sp³-hybridized carbons (Fsp3) is 0.556. The number of hydrogen-bond donors (Lipinski definition) is 2. The van der Waals surface area contributed by atoms with Crippen LogP contribution >= 0.6 is 0 Å². The van der Waals surface area contributed by atoms with Crippen LogP contribution in [0.2, 0.25) is 0 Å². The lowest BCUT2D eigenvalue weighted by molar-refractivity contribution is -0.141. The van der Waals surface area contributed by atoms with Crippen molar-refractivity contribution >= 4 is 21.9 Å². The van der Waals surface area contributed by atoms with E-state index < -0.39 is 27.3 Å². The maximum Gasteiger partial charge on any atom is 0.305 e. The van der Waals surface area contributed by atoms with Crippen molar-refractivity contribution in [3.63, 3.8) is 0 Å². The molecule has 0 unspecified atom stereocenters. The normalized spacial score (nSPS) is 20.6. The van der Waals surface area contributed by atoms with E-state index in [0.717, 1.165) is 12.5 Å². The average molecular weight is 398 g/mol. The summed E-state index contributed by atoms with van der Waals surface area (Å²) in [7, 11) is -3.94. The highest BCUT2D eigenvalue weighted by Crippen LogP contribution is 2.36. The number of carbonyl (C=O) groups excluding carboxylic acids is 1. The second-order valence-electron chi connectivity index (χ2n) is 7.30. The number of sulfonamides is 1. The molecule has 0 atom stereocenters. The van der Waals surface area contributed by atoms with Crippen molar-refractivity contribution in [2.45, 2.75) is 49.0 Å². The number of carboxylic acid groups (broad SMARTS) is 1. The summed E-state index contributed by atoms with van der Waals surface area (Å²) in [5, 5.41) is 11.9. The van der Waals surface area contributed by atoms with Gasteiger partial charge in [0, 0.05) is 19.0 Å². The molecule has 0 bridgehead atoms. The van der Waals surface area contributed by atoms with Gasteiger partial charge in [-0.2, -0.15) is 4.31 Å². The highest BCUT2D eigenvalue weighted by Gasteiger charge is 2.42. The summed E-state index contributed by atoms with van der Waals surface area (Å²) in [4.78, 5) is 23.2. The van der Waals surface area contributed by atoms with E-state index in [0.29, 0.717) is 25.7 Å². The number of carboxylic acids is 1. The van der Waals surface area contributed by atoms with E-state index in [1.807, 2.05) is 0 Å². The zero-order valence-corrected chi connectivity index (χ0v) is 15.7. The summed E-state index contributed by atoms with van der Waals surface area (Å²) in [6.45, 7) is 0.251. The lowest BCUT2D eigenvalue weighted by Crippen LogP contribution is -2.57. The Bertz CT molecular complexity index is 830. The first-order valence-corrected chi connectivity index (χ1v) is 10.5. The van der Waals surface area contributed by atoms with Crippen molar-refractivity contribution in [3.05, 3.63) is 30.1 Å². The Morgan fingerprint density at radius 2 is 1.85 bits per heavy atom. The molecule has 1 saturated heterocycles. The maximum absolute atomic E-state index is 13.9. The van der Waals surface area contributed by atoms with Gasteiger partial charge in [0.25, 0.3) is 0 Å². The zero-order valence-electron chi connectivity index (χ0n) is 14.9. The number of hydrogen-bond acceptors (Lipinski definition) is 4. The van der Waals surface area contributed by atoms with Gasteiger partial charge in [-0.3, -0.25) is 9.59 Å². The standard InChI is InChI=1S/C18H23FN2O5S/c19-14-4-1-2-5-15(14)27(25,26)21-10-6-13(7-11-21)17(24)20-18(8-3-9-18)12-16(22)23/h1-2,4-5,13H,3,6-12H2,(H,20,24)(H,22,23).